The predicted molar refractivity (Wildman–Crippen MR) is 57.7 cm³/mol. The minimum atomic E-state index is 0.267. The molecule has 1 heterocycles. The molecule has 0 saturated heterocycles. The van der Waals surface area contributed by atoms with Crippen LogP contribution in [0.4, 0.5) is 0 Å². The first-order valence-electron chi connectivity index (χ1n) is 5.31. The summed E-state index contributed by atoms with van der Waals surface area (Å²) < 4.78 is 0. The van der Waals surface area contributed by atoms with Gasteiger partial charge >= 0.3 is 0 Å². The molecule has 2 heteroatoms. The Morgan fingerprint density at radius 3 is 2.79 bits per heavy atom. The third kappa shape index (κ3) is 1.39. The number of nitrogens with one attached hydrogen (secondary N) is 1. The maximum absolute atomic E-state index is 11.9. The van der Waals surface area contributed by atoms with Crippen molar-refractivity contribution in [2.75, 3.05) is 0 Å². The lowest BCUT2D eigenvalue weighted by Crippen LogP contribution is -2.24. The molecule has 1 aliphatic carbocycles. The van der Waals surface area contributed by atoms with Gasteiger partial charge in [-0.1, -0.05) is 6.92 Å². The van der Waals surface area contributed by atoms with Gasteiger partial charge in [-0.3, -0.25) is 4.79 Å². The van der Waals surface area contributed by atoms with E-state index in [1.165, 1.54) is 5.69 Å². The fourth-order valence-corrected chi connectivity index (χ4v) is 2.21. The molecule has 2 nitrogen and oxygen atoms in total. The molecule has 0 fully saturated rings. The third-order valence-corrected chi connectivity index (χ3v) is 3.32. The van der Waals surface area contributed by atoms with Gasteiger partial charge in [0, 0.05) is 22.5 Å². The quantitative estimate of drug-likeness (QED) is 0.669. The average molecular weight is 191 g/mol. The van der Waals surface area contributed by atoms with E-state index in [0.717, 1.165) is 36.1 Å². The predicted octanol–water partition coefficient (Wildman–Crippen LogP) is 2.12. The highest BCUT2D eigenvalue weighted by Crippen LogP contribution is 2.22. The summed E-state index contributed by atoms with van der Waals surface area (Å²) in [6, 6.07) is 0. The van der Waals surface area contributed by atoms with E-state index >= 15 is 0 Å². The molecule has 76 valence electrons. The van der Waals surface area contributed by atoms with Crippen LogP contribution in [-0.4, -0.2) is 4.98 Å². The molecule has 1 aromatic heterocycles. The number of rotatable bonds is 0. The fourth-order valence-electron chi connectivity index (χ4n) is 2.21. The number of pyridine rings is 1. The lowest BCUT2D eigenvalue weighted by Gasteiger charge is -2.21. The summed E-state index contributed by atoms with van der Waals surface area (Å²) in [6.07, 6.45) is 3.14. The number of fused-ring (bicyclic) bond motifs is 1. The van der Waals surface area contributed by atoms with Gasteiger partial charge in [-0.2, -0.15) is 0 Å². The zero-order chi connectivity index (χ0) is 10.3. The Morgan fingerprint density at radius 1 is 1.36 bits per heavy atom. The summed E-state index contributed by atoms with van der Waals surface area (Å²) in [4.78, 5) is 15.3. The van der Waals surface area contributed by atoms with Gasteiger partial charge in [0.25, 0.3) is 0 Å². The first-order chi connectivity index (χ1) is 6.59. The van der Waals surface area contributed by atoms with E-state index in [2.05, 4.69) is 11.9 Å². The minimum absolute atomic E-state index is 0.267. The molecule has 0 spiro atoms. The summed E-state index contributed by atoms with van der Waals surface area (Å²) in [5, 5.41) is 0. The standard InChI is InChI=1S/C12H17NO/c1-7-4-5-10-11(6-7)13-9(3)8(2)12(10)14/h7H,4-6H2,1-3H3,(H,13,14). The molecule has 0 aliphatic heterocycles. The third-order valence-electron chi connectivity index (χ3n) is 3.32. The van der Waals surface area contributed by atoms with Crippen LogP contribution in [0, 0.1) is 19.8 Å². The van der Waals surface area contributed by atoms with Crippen molar-refractivity contribution in [3.05, 3.63) is 32.7 Å². The highest BCUT2D eigenvalue weighted by molar-refractivity contribution is 5.31. The summed E-state index contributed by atoms with van der Waals surface area (Å²) in [5.74, 6) is 0.709. The van der Waals surface area contributed by atoms with Crippen LogP contribution in [0.2, 0.25) is 0 Å². The summed E-state index contributed by atoms with van der Waals surface area (Å²) in [6.45, 7) is 6.14. The molecule has 0 amide bonds. The topological polar surface area (TPSA) is 32.9 Å². The second kappa shape index (κ2) is 3.26. The van der Waals surface area contributed by atoms with Crippen molar-refractivity contribution in [3.8, 4) is 0 Å². The first kappa shape index (κ1) is 9.50. The van der Waals surface area contributed by atoms with Crippen molar-refractivity contribution >= 4 is 0 Å². The molecule has 2 rings (SSSR count). The Hall–Kier alpha value is -1.05. The summed E-state index contributed by atoms with van der Waals surface area (Å²) >= 11 is 0. The lowest BCUT2D eigenvalue weighted by molar-refractivity contribution is 0.489. The van der Waals surface area contributed by atoms with Crippen molar-refractivity contribution < 1.29 is 0 Å². The Kier molecular flexibility index (Phi) is 2.22. The zero-order valence-corrected chi connectivity index (χ0v) is 9.11. The van der Waals surface area contributed by atoms with Gasteiger partial charge in [-0.25, -0.2) is 0 Å². The van der Waals surface area contributed by atoms with Gasteiger partial charge in [0.2, 0.25) is 0 Å². The second-order valence-corrected chi connectivity index (χ2v) is 4.51. The molecule has 1 atom stereocenters. The van der Waals surface area contributed by atoms with E-state index in [0.29, 0.717) is 5.92 Å². The molecule has 0 bridgehead atoms. The normalized spacial score (nSPS) is 20.6. The highest BCUT2D eigenvalue weighted by atomic mass is 16.1. The van der Waals surface area contributed by atoms with Gasteiger partial charge in [-0.15, -0.1) is 0 Å². The summed E-state index contributed by atoms with van der Waals surface area (Å²) in [5.41, 5.74) is 4.40. The highest BCUT2D eigenvalue weighted by Gasteiger charge is 2.19. The van der Waals surface area contributed by atoms with E-state index in [9.17, 15) is 4.79 Å². The van der Waals surface area contributed by atoms with Crippen LogP contribution in [0.3, 0.4) is 0 Å². The van der Waals surface area contributed by atoms with Crippen LogP contribution in [0.15, 0.2) is 4.79 Å². The SMILES string of the molecule is Cc1[nH]c2c(c(=O)c1C)CCC(C)C2. The van der Waals surface area contributed by atoms with Crippen molar-refractivity contribution in [2.24, 2.45) is 5.92 Å². The number of H-pyrrole nitrogens is 1. The van der Waals surface area contributed by atoms with Crippen LogP contribution in [0.25, 0.3) is 0 Å². The van der Waals surface area contributed by atoms with Crippen LogP contribution < -0.4 is 5.43 Å². The molecule has 0 saturated carbocycles. The van der Waals surface area contributed by atoms with Gasteiger partial charge in [0.05, 0.1) is 0 Å². The van der Waals surface area contributed by atoms with Crippen LogP contribution in [-0.2, 0) is 12.8 Å². The zero-order valence-electron chi connectivity index (χ0n) is 9.11. The van der Waals surface area contributed by atoms with Gasteiger partial charge in [-0.05, 0) is 39.0 Å². The van der Waals surface area contributed by atoms with E-state index in [4.69, 9.17) is 0 Å². The van der Waals surface area contributed by atoms with Crippen molar-refractivity contribution in [1.29, 1.82) is 0 Å². The fraction of sp³-hybridized carbons (Fsp3) is 0.583. The summed E-state index contributed by atoms with van der Waals surface area (Å²) in [7, 11) is 0. The average Bonchev–Trinajstić information content (AvgIpc) is 2.14. The van der Waals surface area contributed by atoms with Crippen LogP contribution in [0.1, 0.15) is 35.9 Å². The maximum Gasteiger partial charge on any atom is 0.188 e. The van der Waals surface area contributed by atoms with Crippen LogP contribution >= 0.6 is 0 Å². The van der Waals surface area contributed by atoms with Crippen molar-refractivity contribution in [2.45, 2.75) is 40.0 Å². The molecular weight excluding hydrogens is 174 g/mol. The molecule has 14 heavy (non-hydrogen) atoms. The van der Waals surface area contributed by atoms with Gasteiger partial charge in [0.15, 0.2) is 5.43 Å². The Labute approximate surface area is 84.4 Å². The molecule has 1 unspecified atom stereocenters. The molecular formula is C12H17NO. The van der Waals surface area contributed by atoms with E-state index in [1.807, 2.05) is 13.8 Å². The van der Waals surface area contributed by atoms with Crippen LogP contribution in [0.5, 0.6) is 0 Å². The number of hydrogen-bond acceptors (Lipinski definition) is 1. The molecule has 1 N–H and O–H groups in total. The lowest BCUT2D eigenvalue weighted by atomic mass is 9.87. The Morgan fingerprint density at radius 2 is 2.07 bits per heavy atom. The maximum atomic E-state index is 11.9. The van der Waals surface area contributed by atoms with Crippen molar-refractivity contribution in [3.63, 3.8) is 0 Å². The molecule has 0 radical (unpaired) electrons. The monoisotopic (exact) mass is 191 g/mol. The van der Waals surface area contributed by atoms with Gasteiger partial charge < -0.3 is 4.98 Å². The van der Waals surface area contributed by atoms with E-state index < -0.39 is 0 Å². The number of aromatic nitrogens is 1. The number of aromatic amines is 1. The largest absolute Gasteiger partial charge is 0.362 e. The Bertz CT molecular complexity index is 417. The smallest absolute Gasteiger partial charge is 0.188 e. The first-order valence-corrected chi connectivity index (χ1v) is 5.31. The van der Waals surface area contributed by atoms with E-state index in [1.54, 1.807) is 0 Å². The number of hydrogen-bond donors (Lipinski definition) is 1. The van der Waals surface area contributed by atoms with Gasteiger partial charge in [0.1, 0.15) is 0 Å². The number of aryl methyl sites for hydroxylation is 1. The Balaban J connectivity index is 2.60. The minimum Gasteiger partial charge on any atom is -0.362 e. The van der Waals surface area contributed by atoms with Crippen molar-refractivity contribution in [1.82, 2.24) is 4.98 Å². The second-order valence-electron chi connectivity index (χ2n) is 4.51. The molecule has 1 aromatic rings. The molecule has 0 aromatic carbocycles. The molecule has 1 aliphatic rings. The van der Waals surface area contributed by atoms with E-state index in [-0.39, 0.29) is 5.43 Å².